The van der Waals surface area contributed by atoms with E-state index in [1.807, 2.05) is 6.07 Å². The lowest BCUT2D eigenvalue weighted by Crippen LogP contribution is -2.39. The van der Waals surface area contributed by atoms with Crippen LogP contribution in [0.15, 0.2) is 23.1 Å². The summed E-state index contributed by atoms with van der Waals surface area (Å²) in [6.07, 6.45) is 6.41. The quantitative estimate of drug-likeness (QED) is 0.791. The Kier molecular flexibility index (Phi) is 4.15. The van der Waals surface area contributed by atoms with Gasteiger partial charge in [-0.25, -0.2) is 0 Å². The number of ether oxygens (including phenoxy) is 1. The van der Waals surface area contributed by atoms with Gasteiger partial charge in [-0.05, 0) is 36.9 Å². The summed E-state index contributed by atoms with van der Waals surface area (Å²) in [4.78, 5) is 3.64. The van der Waals surface area contributed by atoms with Crippen LogP contribution in [0.5, 0.6) is 5.75 Å². The van der Waals surface area contributed by atoms with E-state index in [1.54, 1.807) is 18.9 Å². The third-order valence-corrected chi connectivity index (χ3v) is 5.94. The second kappa shape index (κ2) is 5.85. The first-order valence-electron chi connectivity index (χ1n) is 6.77. The SMILES string of the molecule is COc1ccc2c(c1)N(C1CCCCC1)C(S[N])S2. The highest BCUT2D eigenvalue weighted by Crippen LogP contribution is 2.50. The summed E-state index contributed by atoms with van der Waals surface area (Å²) in [5.74, 6) is 0.892. The molecule has 0 bridgehead atoms. The molecule has 3 rings (SSSR count). The van der Waals surface area contributed by atoms with Crippen molar-refractivity contribution in [3.8, 4) is 5.75 Å². The van der Waals surface area contributed by atoms with Gasteiger partial charge < -0.3 is 9.64 Å². The molecule has 0 saturated heterocycles. The van der Waals surface area contributed by atoms with Gasteiger partial charge in [-0.3, -0.25) is 0 Å². The summed E-state index contributed by atoms with van der Waals surface area (Å²) in [5, 5.41) is 9.59. The molecule has 1 aliphatic carbocycles. The lowest BCUT2D eigenvalue weighted by Gasteiger charge is -2.36. The highest BCUT2D eigenvalue weighted by molar-refractivity contribution is 8.16. The number of fused-ring (bicyclic) bond motifs is 1. The molecule has 1 aliphatic heterocycles. The van der Waals surface area contributed by atoms with Gasteiger partial charge >= 0.3 is 0 Å². The highest BCUT2D eigenvalue weighted by Gasteiger charge is 2.36. The average Bonchev–Trinajstić information content (AvgIpc) is 2.85. The fraction of sp³-hybridized carbons (Fsp3) is 0.571. The lowest BCUT2D eigenvalue weighted by atomic mass is 9.94. The van der Waals surface area contributed by atoms with Crippen LogP contribution in [0.25, 0.3) is 0 Å². The highest BCUT2D eigenvalue weighted by atomic mass is 32.2. The van der Waals surface area contributed by atoms with Gasteiger partial charge in [-0.15, -0.1) is 0 Å². The summed E-state index contributed by atoms with van der Waals surface area (Å²) < 4.78 is 5.43. The molecular formula is C14H18N2OS2. The standard InChI is InChI=1S/C14H18N2OS2/c1-17-11-7-8-13-12(9-11)16(14(18-13)19-15)10-5-3-2-4-6-10/h7-10,14H,2-6H2,1H3. The van der Waals surface area contributed by atoms with E-state index in [9.17, 15) is 5.14 Å². The predicted octanol–water partition coefficient (Wildman–Crippen LogP) is 3.94. The fourth-order valence-electron chi connectivity index (χ4n) is 3.00. The molecule has 1 aromatic carbocycles. The third-order valence-electron chi connectivity index (χ3n) is 3.96. The molecule has 102 valence electrons. The smallest absolute Gasteiger partial charge is 0.144 e. The van der Waals surface area contributed by atoms with Crippen molar-refractivity contribution < 1.29 is 4.74 Å². The molecule has 3 nitrogen and oxygen atoms in total. The van der Waals surface area contributed by atoms with E-state index in [0.29, 0.717) is 6.04 Å². The molecule has 1 aromatic rings. The van der Waals surface area contributed by atoms with Gasteiger partial charge in [0.05, 0.1) is 12.8 Å². The number of anilines is 1. The number of hydrogen-bond donors (Lipinski definition) is 0. The van der Waals surface area contributed by atoms with Crippen molar-refractivity contribution in [2.45, 2.75) is 47.7 Å². The Bertz CT molecular complexity index is 449. The van der Waals surface area contributed by atoms with E-state index in [2.05, 4.69) is 17.0 Å². The van der Waals surface area contributed by atoms with Crippen LogP contribution in [0.4, 0.5) is 5.69 Å². The molecule has 1 heterocycles. The van der Waals surface area contributed by atoms with Crippen LogP contribution in [-0.2, 0) is 0 Å². The topological polar surface area (TPSA) is 34.8 Å². The van der Waals surface area contributed by atoms with Crippen LogP contribution in [-0.4, -0.2) is 17.9 Å². The van der Waals surface area contributed by atoms with Gasteiger partial charge in [0.1, 0.15) is 10.5 Å². The van der Waals surface area contributed by atoms with E-state index in [0.717, 1.165) is 17.7 Å². The van der Waals surface area contributed by atoms with Crippen molar-refractivity contribution in [2.24, 2.45) is 0 Å². The molecule has 2 aliphatic rings. The minimum atomic E-state index is 0.0882. The Balaban J connectivity index is 1.92. The zero-order valence-corrected chi connectivity index (χ0v) is 12.7. The zero-order valence-electron chi connectivity index (χ0n) is 11.0. The molecule has 1 fully saturated rings. The molecule has 2 radical (unpaired) electrons. The van der Waals surface area contributed by atoms with E-state index in [-0.39, 0.29) is 4.71 Å². The van der Waals surface area contributed by atoms with E-state index >= 15 is 0 Å². The third kappa shape index (κ3) is 2.56. The Morgan fingerprint density at radius 1 is 1.32 bits per heavy atom. The summed E-state index contributed by atoms with van der Waals surface area (Å²) in [6, 6.07) is 6.76. The number of thioether (sulfide) groups is 1. The summed E-state index contributed by atoms with van der Waals surface area (Å²) in [5.41, 5.74) is 1.22. The number of rotatable bonds is 3. The van der Waals surface area contributed by atoms with Gasteiger partial charge in [0, 0.05) is 17.0 Å². The van der Waals surface area contributed by atoms with Crippen LogP contribution < -0.4 is 14.8 Å². The molecule has 1 unspecified atom stereocenters. The fourth-order valence-corrected chi connectivity index (χ4v) is 4.92. The first kappa shape index (κ1) is 13.5. The summed E-state index contributed by atoms with van der Waals surface area (Å²) in [6.45, 7) is 0. The van der Waals surface area contributed by atoms with Crippen LogP contribution in [0.1, 0.15) is 32.1 Å². The second-order valence-corrected chi connectivity index (χ2v) is 7.14. The maximum Gasteiger partial charge on any atom is 0.144 e. The maximum atomic E-state index is 9.59. The van der Waals surface area contributed by atoms with E-state index < -0.39 is 0 Å². The minimum absolute atomic E-state index is 0.0882. The van der Waals surface area contributed by atoms with E-state index in [4.69, 9.17) is 4.74 Å². The van der Waals surface area contributed by atoms with Crippen molar-refractivity contribution in [2.75, 3.05) is 12.0 Å². The van der Waals surface area contributed by atoms with Crippen LogP contribution in [0.2, 0.25) is 0 Å². The van der Waals surface area contributed by atoms with Crippen molar-refractivity contribution in [3.63, 3.8) is 0 Å². The maximum absolute atomic E-state index is 9.59. The Morgan fingerprint density at radius 3 is 2.79 bits per heavy atom. The average molecular weight is 294 g/mol. The number of methoxy groups -OCH3 is 1. The number of nitrogens with zero attached hydrogens (tertiary/aromatic N) is 2. The van der Waals surface area contributed by atoms with Crippen molar-refractivity contribution in [3.05, 3.63) is 18.2 Å². The monoisotopic (exact) mass is 294 g/mol. The first-order valence-corrected chi connectivity index (χ1v) is 8.48. The molecule has 0 spiro atoms. The predicted molar refractivity (Wildman–Crippen MR) is 81.7 cm³/mol. The molecule has 1 saturated carbocycles. The molecule has 0 N–H and O–H groups in total. The van der Waals surface area contributed by atoms with Crippen LogP contribution in [0.3, 0.4) is 0 Å². The Hall–Kier alpha value is -0.520. The molecule has 19 heavy (non-hydrogen) atoms. The van der Waals surface area contributed by atoms with Crippen molar-refractivity contribution in [1.29, 1.82) is 0 Å². The van der Waals surface area contributed by atoms with Gasteiger partial charge in [-0.1, -0.05) is 36.2 Å². The van der Waals surface area contributed by atoms with Gasteiger partial charge in [0.2, 0.25) is 0 Å². The second-order valence-electron chi connectivity index (χ2n) is 5.06. The Labute approximate surface area is 123 Å². The summed E-state index contributed by atoms with van der Waals surface area (Å²) in [7, 11) is 1.70. The van der Waals surface area contributed by atoms with Crippen LogP contribution >= 0.6 is 23.7 Å². The summed E-state index contributed by atoms with van der Waals surface area (Å²) >= 11 is 2.69. The van der Waals surface area contributed by atoms with Gasteiger partial charge in [0.15, 0.2) is 0 Å². The van der Waals surface area contributed by atoms with Gasteiger partial charge in [0.25, 0.3) is 0 Å². The molecule has 0 amide bonds. The number of benzene rings is 1. The molecule has 0 aromatic heterocycles. The molecule has 5 heteroatoms. The van der Waals surface area contributed by atoms with Gasteiger partial charge in [-0.2, -0.15) is 0 Å². The number of hydrogen-bond acceptors (Lipinski definition) is 4. The zero-order chi connectivity index (χ0) is 13.2. The Morgan fingerprint density at radius 2 is 2.11 bits per heavy atom. The normalized spacial score (nSPS) is 23.5. The van der Waals surface area contributed by atoms with Crippen molar-refractivity contribution >= 4 is 29.4 Å². The minimum Gasteiger partial charge on any atom is -0.497 e. The van der Waals surface area contributed by atoms with Crippen molar-refractivity contribution in [1.82, 2.24) is 5.14 Å². The molecular weight excluding hydrogens is 276 g/mol. The van der Waals surface area contributed by atoms with E-state index in [1.165, 1.54) is 42.7 Å². The lowest BCUT2D eigenvalue weighted by molar-refractivity contribution is 0.411. The largest absolute Gasteiger partial charge is 0.497 e. The van der Waals surface area contributed by atoms with Crippen LogP contribution in [0, 0.1) is 0 Å². The molecule has 1 atom stereocenters. The first-order chi connectivity index (χ1) is 9.33.